The Hall–Kier alpha value is -1.64. The highest BCUT2D eigenvalue weighted by Gasteiger charge is 2.08. The fourth-order valence-electron chi connectivity index (χ4n) is 1.30. The average Bonchev–Trinajstić information content (AvgIpc) is 2.27. The summed E-state index contributed by atoms with van der Waals surface area (Å²) in [7, 11) is 1.52. The van der Waals surface area contributed by atoms with Crippen LogP contribution in [-0.2, 0) is 4.74 Å². The van der Waals surface area contributed by atoms with Crippen LogP contribution in [0, 0.1) is 18.3 Å². The number of aromatic nitrogens is 1. The molecule has 0 bridgehead atoms. The van der Waals surface area contributed by atoms with Crippen molar-refractivity contribution in [3.63, 3.8) is 0 Å². The van der Waals surface area contributed by atoms with Crippen LogP contribution in [0.4, 0.5) is 5.82 Å². The molecule has 5 heteroatoms. The summed E-state index contributed by atoms with van der Waals surface area (Å²) < 4.78 is 4.80. The molecule has 1 heterocycles. The van der Waals surface area contributed by atoms with Gasteiger partial charge < -0.3 is 15.2 Å². The third kappa shape index (κ3) is 3.19. The molecular weight excluding hydrogens is 206 g/mol. The molecule has 0 aromatic carbocycles. The Morgan fingerprint density at radius 3 is 3.06 bits per heavy atom. The highest BCUT2D eigenvalue weighted by molar-refractivity contribution is 5.55. The Morgan fingerprint density at radius 1 is 1.69 bits per heavy atom. The van der Waals surface area contributed by atoms with E-state index in [2.05, 4.69) is 16.4 Å². The van der Waals surface area contributed by atoms with E-state index in [1.807, 2.05) is 6.92 Å². The summed E-state index contributed by atoms with van der Waals surface area (Å²) in [6.45, 7) is 2.40. The smallest absolute Gasteiger partial charge is 0.144 e. The molecule has 0 aliphatic rings. The number of nitrogens with zero attached hydrogens (tertiary/aromatic N) is 2. The van der Waals surface area contributed by atoms with Crippen LogP contribution in [0.25, 0.3) is 0 Å². The fraction of sp³-hybridized carbons (Fsp3) is 0.455. The lowest BCUT2D eigenvalue weighted by Gasteiger charge is -2.12. The average molecular weight is 221 g/mol. The van der Waals surface area contributed by atoms with Gasteiger partial charge in [0.25, 0.3) is 0 Å². The quantitative estimate of drug-likeness (QED) is 0.764. The molecule has 2 N–H and O–H groups in total. The second-order valence-corrected chi connectivity index (χ2v) is 3.45. The predicted molar refractivity (Wildman–Crippen MR) is 60.1 cm³/mol. The molecule has 0 aliphatic carbocycles. The number of methoxy groups -OCH3 is 1. The van der Waals surface area contributed by atoms with Crippen molar-refractivity contribution in [3.05, 3.63) is 23.4 Å². The first-order valence-electron chi connectivity index (χ1n) is 4.95. The van der Waals surface area contributed by atoms with Crippen LogP contribution >= 0.6 is 0 Å². The first-order chi connectivity index (χ1) is 7.69. The van der Waals surface area contributed by atoms with Gasteiger partial charge in [-0.3, -0.25) is 0 Å². The largest absolute Gasteiger partial charge is 0.389 e. The van der Waals surface area contributed by atoms with Gasteiger partial charge in [0.2, 0.25) is 0 Å². The van der Waals surface area contributed by atoms with Crippen molar-refractivity contribution in [1.29, 1.82) is 5.26 Å². The van der Waals surface area contributed by atoms with Crippen molar-refractivity contribution in [2.24, 2.45) is 0 Å². The molecule has 0 saturated carbocycles. The maximum atomic E-state index is 9.45. The minimum absolute atomic E-state index is 0.251. The molecule has 0 aliphatic heterocycles. The van der Waals surface area contributed by atoms with E-state index in [1.54, 1.807) is 12.3 Å². The maximum Gasteiger partial charge on any atom is 0.144 e. The van der Waals surface area contributed by atoms with Crippen molar-refractivity contribution < 1.29 is 9.84 Å². The molecule has 5 nitrogen and oxygen atoms in total. The van der Waals surface area contributed by atoms with Gasteiger partial charge in [0, 0.05) is 19.9 Å². The second-order valence-electron chi connectivity index (χ2n) is 3.45. The Morgan fingerprint density at radius 2 is 2.44 bits per heavy atom. The van der Waals surface area contributed by atoms with Crippen molar-refractivity contribution in [2.45, 2.75) is 13.0 Å². The van der Waals surface area contributed by atoms with E-state index >= 15 is 0 Å². The van der Waals surface area contributed by atoms with Gasteiger partial charge >= 0.3 is 0 Å². The van der Waals surface area contributed by atoms with Crippen molar-refractivity contribution in [3.8, 4) is 6.07 Å². The molecule has 1 atom stereocenters. The summed E-state index contributed by atoms with van der Waals surface area (Å²) in [6, 6.07) is 3.85. The third-order valence-electron chi connectivity index (χ3n) is 2.14. The zero-order chi connectivity index (χ0) is 12.0. The lowest BCUT2D eigenvalue weighted by molar-refractivity contribution is 0.0727. The van der Waals surface area contributed by atoms with Crippen LogP contribution in [0.5, 0.6) is 0 Å². The number of rotatable bonds is 5. The number of nitrogens with one attached hydrogen (secondary N) is 1. The Labute approximate surface area is 94.7 Å². The lowest BCUT2D eigenvalue weighted by Crippen LogP contribution is -2.24. The summed E-state index contributed by atoms with van der Waals surface area (Å²) >= 11 is 0. The van der Waals surface area contributed by atoms with E-state index in [0.717, 1.165) is 5.56 Å². The monoisotopic (exact) mass is 221 g/mol. The van der Waals surface area contributed by atoms with Crippen molar-refractivity contribution >= 4 is 5.82 Å². The number of aliphatic hydroxyl groups is 1. The summed E-state index contributed by atoms with van der Waals surface area (Å²) in [5, 5.41) is 21.3. The van der Waals surface area contributed by atoms with E-state index < -0.39 is 6.10 Å². The Bertz CT molecular complexity index is 387. The summed E-state index contributed by atoms with van der Waals surface area (Å²) in [5.41, 5.74) is 1.37. The number of aryl methyl sites for hydroxylation is 1. The van der Waals surface area contributed by atoms with Crippen molar-refractivity contribution in [1.82, 2.24) is 4.98 Å². The first kappa shape index (κ1) is 12.4. The van der Waals surface area contributed by atoms with Gasteiger partial charge in [-0.25, -0.2) is 4.98 Å². The first-order valence-corrected chi connectivity index (χ1v) is 4.95. The van der Waals surface area contributed by atoms with Crippen LogP contribution in [0.15, 0.2) is 12.3 Å². The maximum absolute atomic E-state index is 9.45. The summed E-state index contributed by atoms with van der Waals surface area (Å²) in [5.74, 6) is 0.498. The SMILES string of the molecule is COCC(O)CNc1nccc(C)c1C#N. The van der Waals surface area contributed by atoms with Gasteiger partial charge in [0.1, 0.15) is 11.9 Å². The van der Waals surface area contributed by atoms with Crippen LogP contribution in [0.3, 0.4) is 0 Å². The van der Waals surface area contributed by atoms with Gasteiger partial charge in [0.15, 0.2) is 0 Å². The zero-order valence-electron chi connectivity index (χ0n) is 9.40. The zero-order valence-corrected chi connectivity index (χ0v) is 9.40. The van der Waals surface area contributed by atoms with Crippen molar-refractivity contribution in [2.75, 3.05) is 25.6 Å². The van der Waals surface area contributed by atoms with Gasteiger partial charge in [-0.2, -0.15) is 5.26 Å². The number of anilines is 1. The topological polar surface area (TPSA) is 78.2 Å². The number of nitriles is 1. The third-order valence-corrected chi connectivity index (χ3v) is 2.14. The number of hydrogen-bond acceptors (Lipinski definition) is 5. The molecule has 1 aromatic rings. The lowest BCUT2D eigenvalue weighted by atomic mass is 10.1. The molecule has 1 rings (SSSR count). The molecule has 0 radical (unpaired) electrons. The standard InChI is InChI=1S/C11H15N3O2/c1-8-3-4-13-11(10(8)5-12)14-6-9(15)7-16-2/h3-4,9,15H,6-7H2,1-2H3,(H,13,14). The molecular formula is C11H15N3O2. The van der Waals surface area contributed by atoms with Crippen LogP contribution < -0.4 is 5.32 Å². The highest BCUT2D eigenvalue weighted by atomic mass is 16.5. The summed E-state index contributed by atoms with van der Waals surface area (Å²) in [4.78, 5) is 4.06. The fourth-order valence-corrected chi connectivity index (χ4v) is 1.30. The van der Waals surface area contributed by atoms with Crippen LogP contribution in [0.1, 0.15) is 11.1 Å². The second kappa shape index (κ2) is 6.05. The molecule has 1 aromatic heterocycles. The molecule has 0 saturated heterocycles. The van der Waals surface area contributed by atoms with E-state index in [9.17, 15) is 5.11 Å². The molecule has 0 spiro atoms. The highest BCUT2D eigenvalue weighted by Crippen LogP contribution is 2.14. The normalized spacial score (nSPS) is 11.9. The van der Waals surface area contributed by atoms with Gasteiger partial charge in [0.05, 0.1) is 18.3 Å². The Kier molecular flexibility index (Phi) is 4.70. The van der Waals surface area contributed by atoms with Crippen LogP contribution in [0.2, 0.25) is 0 Å². The molecule has 16 heavy (non-hydrogen) atoms. The molecule has 86 valence electrons. The predicted octanol–water partition coefficient (Wildman–Crippen LogP) is 0.681. The van der Waals surface area contributed by atoms with E-state index in [-0.39, 0.29) is 6.61 Å². The number of aliphatic hydroxyl groups excluding tert-OH is 1. The van der Waals surface area contributed by atoms with Gasteiger partial charge in [-0.05, 0) is 18.6 Å². The Balaban J connectivity index is 2.67. The van der Waals surface area contributed by atoms with Crippen LogP contribution in [-0.4, -0.2) is 36.5 Å². The number of pyridine rings is 1. The van der Waals surface area contributed by atoms with E-state index in [0.29, 0.717) is 17.9 Å². The minimum Gasteiger partial charge on any atom is -0.389 e. The number of hydrogen-bond donors (Lipinski definition) is 2. The van der Waals surface area contributed by atoms with Gasteiger partial charge in [-0.15, -0.1) is 0 Å². The van der Waals surface area contributed by atoms with E-state index in [4.69, 9.17) is 10.00 Å². The molecule has 0 fully saturated rings. The summed E-state index contributed by atoms with van der Waals surface area (Å²) in [6.07, 6.45) is 1.01. The van der Waals surface area contributed by atoms with E-state index in [1.165, 1.54) is 7.11 Å². The number of ether oxygens (including phenoxy) is 1. The molecule has 1 unspecified atom stereocenters. The minimum atomic E-state index is -0.612. The molecule has 0 amide bonds. The van der Waals surface area contributed by atoms with Gasteiger partial charge in [-0.1, -0.05) is 0 Å².